The van der Waals surface area contributed by atoms with Crippen molar-refractivity contribution in [1.82, 2.24) is 9.55 Å². The van der Waals surface area contributed by atoms with E-state index in [2.05, 4.69) is 15.2 Å². The Kier molecular flexibility index (Phi) is 5.92. The van der Waals surface area contributed by atoms with E-state index in [9.17, 15) is 4.79 Å². The predicted molar refractivity (Wildman–Crippen MR) is 142 cm³/mol. The van der Waals surface area contributed by atoms with Gasteiger partial charge in [-0.3, -0.25) is 9.36 Å². The number of allylic oxidation sites excluding steroid dienone is 1. The zero-order chi connectivity index (χ0) is 25.4. The van der Waals surface area contributed by atoms with Crippen LogP contribution < -0.4 is 24.8 Å². The van der Waals surface area contributed by atoms with Gasteiger partial charge in [0.25, 0.3) is 5.91 Å². The first kappa shape index (κ1) is 23.0. The van der Waals surface area contributed by atoms with E-state index in [1.165, 1.54) is 0 Å². The highest BCUT2D eigenvalue weighted by atomic mass is 16.5. The number of ether oxygens (including phenoxy) is 3. The molecule has 1 atom stereocenters. The number of nitrogens with one attached hydrogen (secondary N) is 2. The summed E-state index contributed by atoms with van der Waals surface area (Å²) in [6, 6.07) is 20.8. The SMILES string of the molecule is CCOc1ccccc1NC(=O)C1=C(C)Nc2nc3ccccc3n2C1c1ccc2c(c1)OCCCO2. The van der Waals surface area contributed by atoms with Gasteiger partial charge in [0.05, 0.1) is 48.2 Å². The number of hydrogen-bond acceptors (Lipinski definition) is 6. The standard InChI is InChI=1S/C29H28N4O4/c1-3-35-23-12-7-5-10-21(23)31-28(34)26-18(2)30-29-32-20-9-4-6-11-22(20)33(29)27(26)19-13-14-24-25(17-19)37-16-8-15-36-24/h4-7,9-14,17,27H,3,8,15-16H2,1-2H3,(H,30,32)(H,31,34). The summed E-state index contributed by atoms with van der Waals surface area (Å²) in [6.07, 6.45) is 0.819. The summed E-state index contributed by atoms with van der Waals surface area (Å²) < 4.78 is 19.7. The maximum atomic E-state index is 14.0. The van der Waals surface area contributed by atoms with Crippen molar-refractivity contribution in [2.75, 3.05) is 30.5 Å². The van der Waals surface area contributed by atoms with Crippen LogP contribution in [0.15, 0.2) is 78.0 Å². The number of hydrogen-bond donors (Lipinski definition) is 2. The van der Waals surface area contributed by atoms with Crippen LogP contribution in [-0.2, 0) is 4.79 Å². The van der Waals surface area contributed by atoms with Gasteiger partial charge in [-0.05, 0) is 55.8 Å². The van der Waals surface area contributed by atoms with E-state index in [1.54, 1.807) is 0 Å². The molecule has 1 amide bonds. The molecule has 0 fully saturated rings. The number of benzene rings is 3. The Hall–Kier alpha value is -4.46. The molecule has 0 aliphatic carbocycles. The molecule has 2 aliphatic rings. The number of anilines is 2. The summed E-state index contributed by atoms with van der Waals surface area (Å²) in [5, 5.41) is 6.45. The summed E-state index contributed by atoms with van der Waals surface area (Å²) in [7, 11) is 0. The largest absolute Gasteiger partial charge is 0.492 e. The van der Waals surface area contributed by atoms with Gasteiger partial charge in [-0.25, -0.2) is 4.98 Å². The Balaban J connectivity index is 1.48. The second-order valence-electron chi connectivity index (χ2n) is 9.00. The highest BCUT2D eigenvalue weighted by molar-refractivity contribution is 6.07. The fourth-order valence-electron chi connectivity index (χ4n) is 4.96. The van der Waals surface area contributed by atoms with Gasteiger partial charge in [0, 0.05) is 12.1 Å². The molecule has 2 aliphatic heterocycles. The Morgan fingerprint density at radius 1 is 1.08 bits per heavy atom. The van der Waals surface area contributed by atoms with Crippen molar-refractivity contribution in [1.29, 1.82) is 0 Å². The van der Waals surface area contributed by atoms with Crippen LogP contribution in [0, 0.1) is 0 Å². The monoisotopic (exact) mass is 496 g/mol. The number of nitrogens with zero attached hydrogens (tertiary/aromatic N) is 2. The lowest BCUT2D eigenvalue weighted by Gasteiger charge is -2.31. The third-order valence-corrected chi connectivity index (χ3v) is 6.60. The molecule has 37 heavy (non-hydrogen) atoms. The first-order valence-corrected chi connectivity index (χ1v) is 12.5. The van der Waals surface area contributed by atoms with E-state index >= 15 is 0 Å². The second kappa shape index (κ2) is 9.54. The number of carbonyl (C=O) groups is 1. The smallest absolute Gasteiger partial charge is 0.255 e. The van der Waals surface area contributed by atoms with E-state index in [1.807, 2.05) is 80.6 Å². The van der Waals surface area contributed by atoms with Crippen molar-refractivity contribution in [3.8, 4) is 17.2 Å². The molecular formula is C29H28N4O4. The number of rotatable bonds is 5. The third-order valence-electron chi connectivity index (χ3n) is 6.60. The zero-order valence-corrected chi connectivity index (χ0v) is 20.8. The minimum absolute atomic E-state index is 0.224. The first-order chi connectivity index (χ1) is 18.1. The van der Waals surface area contributed by atoms with Crippen LogP contribution in [0.4, 0.5) is 11.6 Å². The molecule has 2 N–H and O–H groups in total. The number of carbonyl (C=O) groups excluding carboxylic acids is 1. The molecule has 3 heterocycles. The molecule has 8 nitrogen and oxygen atoms in total. The highest BCUT2D eigenvalue weighted by Crippen LogP contribution is 2.42. The topological polar surface area (TPSA) is 86.6 Å². The quantitative estimate of drug-likeness (QED) is 0.378. The molecule has 0 radical (unpaired) electrons. The van der Waals surface area contributed by atoms with Gasteiger partial charge in [-0.15, -0.1) is 0 Å². The van der Waals surface area contributed by atoms with Gasteiger partial charge in [-0.2, -0.15) is 0 Å². The second-order valence-corrected chi connectivity index (χ2v) is 9.00. The van der Waals surface area contributed by atoms with E-state index < -0.39 is 6.04 Å². The van der Waals surface area contributed by atoms with Crippen LogP contribution >= 0.6 is 0 Å². The van der Waals surface area contributed by atoms with Crippen LogP contribution in [0.25, 0.3) is 11.0 Å². The highest BCUT2D eigenvalue weighted by Gasteiger charge is 2.35. The first-order valence-electron chi connectivity index (χ1n) is 12.5. The van der Waals surface area contributed by atoms with Gasteiger partial charge in [0.1, 0.15) is 5.75 Å². The summed E-state index contributed by atoms with van der Waals surface area (Å²) in [4.78, 5) is 18.8. The van der Waals surface area contributed by atoms with Gasteiger partial charge in [-0.1, -0.05) is 30.3 Å². The molecular weight excluding hydrogens is 468 g/mol. The fourth-order valence-corrected chi connectivity index (χ4v) is 4.96. The number of fused-ring (bicyclic) bond motifs is 4. The molecule has 188 valence electrons. The van der Waals surface area contributed by atoms with Crippen LogP contribution in [0.3, 0.4) is 0 Å². The lowest BCUT2D eigenvalue weighted by molar-refractivity contribution is -0.113. The molecule has 0 saturated heterocycles. The van der Waals surface area contributed by atoms with Crippen molar-refractivity contribution in [3.63, 3.8) is 0 Å². The Bertz CT molecular complexity index is 1520. The van der Waals surface area contributed by atoms with Crippen LogP contribution in [0.2, 0.25) is 0 Å². The van der Waals surface area contributed by atoms with Gasteiger partial charge in [0.2, 0.25) is 5.95 Å². The summed E-state index contributed by atoms with van der Waals surface area (Å²) >= 11 is 0. The van der Waals surface area contributed by atoms with Crippen LogP contribution in [0.5, 0.6) is 17.2 Å². The molecule has 1 unspecified atom stereocenters. The summed E-state index contributed by atoms with van der Waals surface area (Å²) in [6.45, 7) is 5.52. The Morgan fingerprint density at radius 3 is 2.73 bits per heavy atom. The van der Waals surface area contributed by atoms with Crippen LogP contribution in [0.1, 0.15) is 31.9 Å². The van der Waals surface area contributed by atoms with Gasteiger partial charge in [0.15, 0.2) is 11.5 Å². The molecule has 1 aromatic heterocycles. The zero-order valence-electron chi connectivity index (χ0n) is 20.8. The third kappa shape index (κ3) is 4.14. The number of para-hydroxylation sites is 4. The minimum atomic E-state index is -0.444. The fraction of sp³-hybridized carbons (Fsp3) is 0.241. The summed E-state index contributed by atoms with van der Waals surface area (Å²) in [5.41, 5.74) is 4.60. The van der Waals surface area contributed by atoms with E-state index in [0.717, 1.165) is 28.7 Å². The molecule has 0 bridgehead atoms. The van der Waals surface area contributed by atoms with E-state index in [4.69, 9.17) is 19.2 Å². The maximum Gasteiger partial charge on any atom is 0.255 e. The number of amides is 1. The van der Waals surface area contributed by atoms with E-state index in [0.29, 0.717) is 54.3 Å². The molecule has 0 spiro atoms. The molecule has 3 aromatic carbocycles. The van der Waals surface area contributed by atoms with Crippen LogP contribution in [-0.4, -0.2) is 35.3 Å². The Morgan fingerprint density at radius 2 is 1.86 bits per heavy atom. The molecule has 4 aromatic rings. The van der Waals surface area contributed by atoms with E-state index in [-0.39, 0.29) is 5.91 Å². The average Bonchev–Trinajstić information content (AvgIpc) is 3.10. The molecule has 0 saturated carbocycles. The van der Waals surface area contributed by atoms with Crippen molar-refractivity contribution in [3.05, 3.63) is 83.6 Å². The van der Waals surface area contributed by atoms with Crippen molar-refractivity contribution >= 4 is 28.6 Å². The lowest BCUT2D eigenvalue weighted by Crippen LogP contribution is -2.31. The summed E-state index contributed by atoms with van der Waals surface area (Å²) in [5.74, 6) is 2.47. The van der Waals surface area contributed by atoms with Gasteiger partial charge < -0.3 is 24.8 Å². The minimum Gasteiger partial charge on any atom is -0.492 e. The number of imidazole rings is 1. The van der Waals surface area contributed by atoms with Crippen molar-refractivity contribution < 1.29 is 19.0 Å². The lowest BCUT2D eigenvalue weighted by atomic mass is 9.94. The number of aromatic nitrogens is 2. The van der Waals surface area contributed by atoms with Crippen molar-refractivity contribution in [2.24, 2.45) is 0 Å². The molecule has 8 heteroatoms. The van der Waals surface area contributed by atoms with Crippen molar-refractivity contribution in [2.45, 2.75) is 26.3 Å². The Labute approximate surface area is 214 Å². The maximum absolute atomic E-state index is 14.0. The average molecular weight is 497 g/mol. The molecule has 6 rings (SSSR count). The predicted octanol–water partition coefficient (Wildman–Crippen LogP) is 5.52. The normalized spacial score (nSPS) is 16.5. The van der Waals surface area contributed by atoms with Gasteiger partial charge >= 0.3 is 0 Å².